The van der Waals surface area contributed by atoms with E-state index in [4.69, 9.17) is 4.74 Å². The molecule has 1 aromatic rings. The summed E-state index contributed by atoms with van der Waals surface area (Å²) >= 11 is 1.60. The Morgan fingerprint density at radius 3 is 2.86 bits per heavy atom. The van der Waals surface area contributed by atoms with E-state index >= 15 is 0 Å². The predicted molar refractivity (Wildman–Crippen MR) is 82.6 cm³/mol. The summed E-state index contributed by atoms with van der Waals surface area (Å²) in [5.74, 6) is 0.966. The minimum Gasteiger partial charge on any atom is -0.493 e. The Labute approximate surface area is 129 Å². The first-order valence-corrected chi connectivity index (χ1v) is 8.41. The van der Waals surface area contributed by atoms with Crippen molar-refractivity contribution in [3.63, 3.8) is 0 Å². The molecule has 0 unspecified atom stereocenters. The number of carbonyl (C=O) groups excluding carboxylic acids is 1. The third-order valence-corrected chi connectivity index (χ3v) is 5.67. The number of piperidine rings is 1. The summed E-state index contributed by atoms with van der Waals surface area (Å²) in [4.78, 5) is 14.4. The third kappa shape index (κ3) is 2.60. The van der Waals surface area contributed by atoms with Crippen LogP contribution in [0.25, 0.3) is 0 Å². The van der Waals surface area contributed by atoms with Crippen molar-refractivity contribution in [3.05, 3.63) is 29.3 Å². The summed E-state index contributed by atoms with van der Waals surface area (Å²) < 4.78 is 5.15. The summed E-state index contributed by atoms with van der Waals surface area (Å²) in [5, 5.41) is 9.30. The Kier molecular flexibility index (Phi) is 3.81. The van der Waals surface area contributed by atoms with Crippen LogP contribution in [-0.4, -0.2) is 41.5 Å². The van der Waals surface area contributed by atoms with Crippen LogP contribution < -0.4 is 4.74 Å². The lowest BCUT2D eigenvalue weighted by Gasteiger charge is -2.36. The topological polar surface area (TPSA) is 53.3 Å². The highest BCUT2D eigenvalue weighted by Gasteiger charge is 2.35. The number of rotatable bonds is 2. The maximum Gasteiger partial charge on any atom is 0.253 e. The van der Waals surface area contributed by atoms with Gasteiger partial charge >= 0.3 is 0 Å². The van der Waals surface area contributed by atoms with Crippen LogP contribution in [0.15, 0.2) is 18.2 Å². The van der Waals surface area contributed by atoms with Crippen LogP contribution in [-0.2, 0) is 6.42 Å². The normalized spacial score (nSPS) is 19.5. The Morgan fingerprint density at radius 2 is 2.19 bits per heavy atom. The van der Waals surface area contributed by atoms with E-state index in [1.54, 1.807) is 11.8 Å². The number of nitriles is 1. The van der Waals surface area contributed by atoms with Gasteiger partial charge in [-0.25, -0.2) is 0 Å². The number of fused-ring (bicyclic) bond motifs is 1. The van der Waals surface area contributed by atoms with Gasteiger partial charge in [0.25, 0.3) is 5.91 Å². The molecule has 0 N–H and O–H groups in total. The molecule has 1 aromatic carbocycles. The Hall–Kier alpha value is -1.67. The maximum atomic E-state index is 12.6. The van der Waals surface area contributed by atoms with E-state index in [0.29, 0.717) is 19.7 Å². The first-order valence-electron chi connectivity index (χ1n) is 7.19. The molecule has 4 nitrogen and oxygen atoms in total. The summed E-state index contributed by atoms with van der Waals surface area (Å²) in [6, 6.07) is 8.09. The zero-order valence-electron chi connectivity index (χ0n) is 12.1. The number of likely N-dealkylation sites (tertiary alicyclic amines) is 1. The van der Waals surface area contributed by atoms with Gasteiger partial charge in [-0.05, 0) is 42.9 Å². The van der Waals surface area contributed by atoms with Crippen molar-refractivity contribution in [2.45, 2.75) is 24.0 Å². The van der Waals surface area contributed by atoms with Crippen molar-refractivity contribution < 1.29 is 9.53 Å². The Balaban J connectivity index is 1.71. The molecule has 1 amide bonds. The van der Waals surface area contributed by atoms with Gasteiger partial charge in [-0.1, -0.05) is 0 Å². The molecule has 2 heterocycles. The average Bonchev–Trinajstić information content (AvgIpc) is 3.02. The van der Waals surface area contributed by atoms with E-state index < -0.39 is 0 Å². The van der Waals surface area contributed by atoms with Crippen LogP contribution in [0.4, 0.5) is 0 Å². The third-order valence-electron chi connectivity index (χ3n) is 4.39. The molecule has 0 atom stereocenters. The largest absolute Gasteiger partial charge is 0.493 e. The monoisotopic (exact) mass is 302 g/mol. The van der Waals surface area contributed by atoms with Crippen LogP contribution in [0.1, 0.15) is 28.8 Å². The highest BCUT2D eigenvalue weighted by Crippen LogP contribution is 2.34. The zero-order chi connectivity index (χ0) is 14.9. The second kappa shape index (κ2) is 5.61. The SMILES string of the molecule is CSC1(C#N)CCN(C(=O)c2ccc3c(c2)CCO3)CC1. The molecule has 2 aliphatic rings. The van der Waals surface area contributed by atoms with E-state index in [1.165, 1.54) is 0 Å². The van der Waals surface area contributed by atoms with E-state index in [-0.39, 0.29) is 10.7 Å². The van der Waals surface area contributed by atoms with Gasteiger partial charge in [-0.3, -0.25) is 4.79 Å². The van der Waals surface area contributed by atoms with Crippen molar-refractivity contribution in [2.24, 2.45) is 0 Å². The van der Waals surface area contributed by atoms with Crippen LogP contribution in [0.2, 0.25) is 0 Å². The van der Waals surface area contributed by atoms with Gasteiger partial charge in [0.2, 0.25) is 0 Å². The molecule has 0 aromatic heterocycles. The van der Waals surface area contributed by atoms with Crippen LogP contribution >= 0.6 is 11.8 Å². The van der Waals surface area contributed by atoms with Crippen molar-refractivity contribution in [1.82, 2.24) is 4.90 Å². The van der Waals surface area contributed by atoms with E-state index in [0.717, 1.165) is 36.1 Å². The number of benzene rings is 1. The molecular formula is C16H18N2O2S. The molecule has 110 valence electrons. The fourth-order valence-corrected chi connectivity index (χ4v) is 3.62. The molecule has 2 aliphatic heterocycles. The number of amides is 1. The lowest BCUT2D eigenvalue weighted by Crippen LogP contribution is -2.44. The fourth-order valence-electron chi connectivity index (χ4n) is 2.93. The smallest absolute Gasteiger partial charge is 0.253 e. The minimum atomic E-state index is -0.317. The minimum absolute atomic E-state index is 0.0670. The standard InChI is InChI=1S/C16H18N2O2S/c1-21-16(11-17)5-7-18(8-6-16)15(19)13-2-3-14-12(10-13)4-9-20-14/h2-3,10H,4-9H2,1H3. The summed E-state index contributed by atoms with van der Waals surface area (Å²) in [5.41, 5.74) is 1.85. The van der Waals surface area contributed by atoms with Gasteiger partial charge in [0.15, 0.2) is 0 Å². The second-order valence-corrected chi connectivity index (χ2v) is 6.71. The number of ether oxygens (including phenoxy) is 1. The summed E-state index contributed by atoms with van der Waals surface area (Å²) in [6.45, 7) is 2.01. The molecule has 1 fully saturated rings. The van der Waals surface area contributed by atoms with Gasteiger partial charge < -0.3 is 9.64 Å². The molecule has 0 spiro atoms. The Bertz CT molecular complexity index is 601. The first-order chi connectivity index (χ1) is 10.2. The molecule has 0 aliphatic carbocycles. The number of carbonyl (C=O) groups is 1. The molecule has 0 saturated carbocycles. The number of thioether (sulfide) groups is 1. The average molecular weight is 302 g/mol. The van der Waals surface area contributed by atoms with E-state index in [9.17, 15) is 10.1 Å². The number of hydrogen-bond acceptors (Lipinski definition) is 4. The van der Waals surface area contributed by atoms with E-state index in [1.807, 2.05) is 29.4 Å². The summed E-state index contributed by atoms with van der Waals surface area (Å²) in [6.07, 6.45) is 4.33. The molecule has 0 radical (unpaired) electrons. The van der Waals surface area contributed by atoms with Gasteiger partial charge in [0.05, 0.1) is 12.7 Å². The zero-order valence-corrected chi connectivity index (χ0v) is 12.9. The van der Waals surface area contributed by atoms with Gasteiger partial charge in [0.1, 0.15) is 10.5 Å². The quantitative estimate of drug-likeness (QED) is 0.842. The van der Waals surface area contributed by atoms with Crippen LogP contribution in [0, 0.1) is 11.3 Å². The molecule has 5 heteroatoms. The van der Waals surface area contributed by atoms with Crippen molar-refractivity contribution in [2.75, 3.05) is 26.0 Å². The van der Waals surface area contributed by atoms with E-state index in [2.05, 4.69) is 6.07 Å². The van der Waals surface area contributed by atoms with Gasteiger partial charge in [-0.15, -0.1) is 11.8 Å². The van der Waals surface area contributed by atoms with Crippen molar-refractivity contribution in [1.29, 1.82) is 5.26 Å². The van der Waals surface area contributed by atoms with Gasteiger partial charge in [-0.2, -0.15) is 5.26 Å². The number of hydrogen-bond donors (Lipinski definition) is 0. The molecular weight excluding hydrogens is 284 g/mol. The number of nitrogens with zero attached hydrogens (tertiary/aromatic N) is 2. The molecule has 0 bridgehead atoms. The highest BCUT2D eigenvalue weighted by molar-refractivity contribution is 8.00. The van der Waals surface area contributed by atoms with Crippen LogP contribution in [0.3, 0.4) is 0 Å². The Morgan fingerprint density at radius 1 is 1.43 bits per heavy atom. The fraction of sp³-hybridized carbons (Fsp3) is 0.500. The summed E-state index contributed by atoms with van der Waals surface area (Å²) in [7, 11) is 0. The molecule has 21 heavy (non-hydrogen) atoms. The second-order valence-electron chi connectivity index (χ2n) is 5.52. The highest BCUT2D eigenvalue weighted by atomic mass is 32.2. The lowest BCUT2D eigenvalue weighted by atomic mass is 9.96. The predicted octanol–water partition coefficient (Wildman–Crippen LogP) is 2.48. The molecule has 1 saturated heterocycles. The molecule has 3 rings (SSSR count). The first kappa shape index (κ1) is 14.3. The lowest BCUT2D eigenvalue weighted by molar-refractivity contribution is 0.0716. The van der Waals surface area contributed by atoms with Crippen molar-refractivity contribution in [3.8, 4) is 11.8 Å². The van der Waals surface area contributed by atoms with Crippen molar-refractivity contribution >= 4 is 17.7 Å². The van der Waals surface area contributed by atoms with Crippen LogP contribution in [0.5, 0.6) is 5.75 Å². The van der Waals surface area contributed by atoms with Gasteiger partial charge in [0, 0.05) is 25.1 Å². The maximum absolute atomic E-state index is 12.6.